The number of rotatable bonds is 1. The molecule has 4 fully saturated rings. The van der Waals surface area contributed by atoms with Gasteiger partial charge in [-0.3, -0.25) is 0 Å². The third-order valence-electron chi connectivity index (χ3n) is 6.49. The van der Waals surface area contributed by atoms with Gasteiger partial charge in [-0.2, -0.15) is 0 Å². The predicted molar refractivity (Wildman–Crippen MR) is 88.2 cm³/mol. The first-order valence-electron chi connectivity index (χ1n) is 8.63. The highest BCUT2D eigenvalue weighted by Crippen LogP contribution is 2.61. The van der Waals surface area contributed by atoms with Gasteiger partial charge in [0.05, 0.1) is 6.04 Å². The Morgan fingerprint density at radius 2 is 1.76 bits per heavy atom. The Morgan fingerprint density at radius 3 is 2.29 bits per heavy atom. The van der Waals surface area contributed by atoms with Crippen molar-refractivity contribution in [1.82, 2.24) is 10.2 Å². The fraction of sp³-hybridized carbons (Fsp3) is 0.941. The largest absolute Gasteiger partial charge is 0.370 e. The Bertz CT molecular complexity index is 421. The molecule has 0 aromatic heterocycles. The summed E-state index contributed by atoms with van der Waals surface area (Å²) < 4.78 is 0. The number of piperazine rings is 1. The number of nitrogens with two attached hydrogens (primary N) is 1. The molecular formula is C17H32N4. The number of nitrogens with zero attached hydrogens (tertiary/aromatic N) is 2. The molecule has 4 heteroatoms. The molecule has 1 saturated heterocycles. The maximum atomic E-state index is 6.34. The van der Waals surface area contributed by atoms with Crippen molar-refractivity contribution in [2.45, 2.75) is 65.6 Å². The van der Waals surface area contributed by atoms with Crippen LogP contribution in [0, 0.1) is 23.2 Å². The van der Waals surface area contributed by atoms with Crippen LogP contribution in [0.4, 0.5) is 0 Å². The van der Waals surface area contributed by atoms with Crippen LogP contribution in [-0.4, -0.2) is 42.1 Å². The molecule has 4 aliphatic rings. The van der Waals surface area contributed by atoms with Gasteiger partial charge in [-0.05, 0) is 49.9 Å². The average molecular weight is 292 g/mol. The molecule has 21 heavy (non-hydrogen) atoms. The highest BCUT2D eigenvalue weighted by molar-refractivity contribution is 5.78. The van der Waals surface area contributed by atoms with E-state index < -0.39 is 0 Å². The van der Waals surface area contributed by atoms with Crippen LogP contribution in [0.2, 0.25) is 0 Å². The number of hydrogen-bond acceptors (Lipinski definition) is 2. The van der Waals surface area contributed by atoms with E-state index in [9.17, 15) is 0 Å². The molecule has 3 N–H and O–H groups in total. The molecule has 1 heterocycles. The average Bonchev–Trinajstić information content (AvgIpc) is 2.39. The van der Waals surface area contributed by atoms with Crippen LogP contribution in [0.15, 0.2) is 4.99 Å². The Balaban J connectivity index is 1.68. The molecule has 3 aliphatic carbocycles. The van der Waals surface area contributed by atoms with Crippen molar-refractivity contribution in [3.8, 4) is 0 Å². The summed E-state index contributed by atoms with van der Waals surface area (Å²) in [6.07, 6.45) is 2.63. The van der Waals surface area contributed by atoms with Gasteiger partial charge in [-0.1, -0.05) is 20.8 Å². The van der Waals surface area contributed by atoms with Gasteiger partial charge in [-0.15, -0.1) is 0 Å². The Hall–Kier alpha value is -0.770. The van der Waals surface area contributed by atoms with E-state index in [1.807, 2.05) is 0 Å². The van der Waals surface area contributed by atoms with Crippen LogP contribution < -0.4 is 11.1 Å². The van der Waals surface area contributed by atoms with Gasteiger partial charge in [0.15, 0.2) is 5.96 Å². The fourth-order valence-corrected chi connectivity index (χ4v) is 5.06. The first-order chi connectivity index (χ1) is 9.79. The summed E-state index contributed by atoms with van der Waals surface area (Å²) in [5, 5.41) is 3.55. The number of nitrogens with one attached hydrogen (secondary N) is 1. The maximum Gasteiger partial charge on any atom is 0.191 e. The smallest absolute Gasteiger partial charge is 0.191 e. The zero-order valence-electron chi connectivity index (χ0n) is 14.3. The lowest BCUT2D eigenvalue weighted by Gasteiger charge is -2.61. The molecule has 0 spiro atoms. The van der Waals surface area contributed by atoms with Crippen molar-refractivity contribution >= 4 is 5.96 Å². The molecule has 6 atom stereocenters. The molecular weight excluding hydrogens is 260 g/mol. The number of hydrogen-bond donors (Lipinski definition) is 2. The number of fused-ring (bicyclic) bond motifs is 2. The summed E-state index contributed by atoms with van der Waals surface area (Å²) in [6.45, 7) is 13.6. The lowest BCUT2D eigenvalue weighted by molar-refractivity contribution is -0.108. The zero-order valence-corrected chi connectivity index (χ0v) is 14.3. The third-order valence-corrected chi connectivity index (χ3v) is 6.49. The third kappa shape index (κ3) is 2.56. The molecule has 0 amide bonds. The van der Waals surface area contributed by atoms with E-state index in [1.54, 1.807) is 0 Å². The van der Waals surface area contributed by atoms with E-state index in [4.69, 9.17) is 10.7 Å². The summed E-state index contributed by atoms with van der Waals surface area (Å²) in [5.41, 5.74) is 6.87. The van der Waals surface area contributed by atoms with Gasteiger partial charge in [-0.25, -0.2) is 4.99 Å². The van der Waals surface area contributed by atoms with E-state index in [2.05, 4.69) is 44.8 Å². The van der Waals surface area contributed by atoms with Crippen LogP contribution in [0.5, 0.6) is 0 Å². The highest BCUT2D eigenvalue weighted by Gasteiger charge is 2.56. The topological polar surface area (TPSA) is 53.6 Å². The van der Waals surface area contributed by atoms with Gasteiger partial charge < -0.3 is 16.0 Å². The number of aliphatic imine (C=N–C) groups is 1. The van der Waals surface area contributed by atoms with E-state index in [1.165, 1.54) is 12.8 Å². The summed E-state index contributed by atoms with van der Waals surface area (Å²) in [7, 11) is 0. The lowest BCUT2D eigenvalue weighted by atomic mass is 9.45. The van der Waals surface area contributed by atoms with Crippen molar-refractivity contribution in [3.63, 3.8) is 0 Å². The minimum Gasteiger partial charge on any atom is -0.370 e. The van der Waals surface area contributed by atoms with Crippen LogP contribution in [-0.2, 0) is 0 Å². The first-order valence-corrected chi connectivity index (χ1v) is 8.63. The summed E-state index contributed by atoms with van der Waals surface area (Å²) in [4.78, 5) is 7.22. The van der Waals surface area contributed by atoms with Crippen molar-refractivity contribution < 1.29 is 0 Å². The predicted octanol–water partition coefficient (Wildman–Crippen LogP) is 2.05. The molecule has 2 bridgehead atoms. The summed E-state index contributed by atoms with van der Waals surface area (Å²) in [5.74, 6) is 3.12. The van der Waals surface area contributed by atoms with Gasteiger partial charge in [0, 0.05) is 25.2 Å². The Kier molecular flexibility index (Phi) is 3.71. The van der Waals surface area contributed by atoms with Crippen LogP contribution in [0.25, 0.3) is 0 Å². The zero-order chi connectivity index (χ0) is 15.4. The normalized spacial score (nSPS) is 46.1. The first kappa shape index (κ1) is 15.1. The molecule has 0 aromatic rings. The van der Waals surface area contributed by atoms with Crippen molar-refractivity contribution in [1.29, 1.82) is 0 Å². The monoisotopic (exact) mass is 292 g/mol. The number of guanidine groups is 1. The quantitative estimate of drug-likeness (QED) is 0.574. The lowest BCUT2D eigenvalue weighted by Crippen LogP contribution is -2.59. The molecule has 0 radical (unpaired) electrons. The van der Waals surface area contributed by atoms with Crippen LogP contribution in [0.3, 0.4) is 0 Å². The van der Waals surface area contributed by atoms with E-state index in [-0.39, 0.29) is 0 Å². The second kappa shape index (κ2) is 5.15. The van der Waals surface area contributed by atoms with E-state index >= 15 is 0 Å². The minimum absolute atomic E-state index is 0.433. The van der Waals surface area contributed by atoms with Gasteiger partial charge >= 0.3 is 0 Å². The molecule has 120 valence electrons. The highest BCUT2D eigenvalue weighted by atomic mass is 15.3. The molecule has 2 unspecified atom stereocenters. The van der Waals surface area contributed by atoms with Crippen molar-refractivity contribution in [2.24, 2.45) is 33.9 Å². The molecule has 1 aliphatic heterocycles. The van der Waals surface area contributed by atoms with Crippen LogP contribution in [0.1, 0.15) is 47.5 Å². The van der Waals surface area contributed by atoms with Crippen molar-refractivity contribution in [3.05, 3.63) is 0 Å². The second-order valence-electron chi connectivity index (χ2n) is 8.38. The van der Waals surface area contributed by atoms with Crippen LogP contribution >= 0.6 is 0 Å². The second-order valence-corrected chi connectivity index (χ2v) is 8.38. The van der Waals surface area contributed by atoms with E-state index in [0.29, 0.717) is 29.5 Å². The molecule has 3 saturated carbocycles. The SMILES string of the molecule is CC1CN(C(N)=N[C@H]2C[C@H]3C[C@@H]([C@@H]2C)C3(C)C)CC(C)N1. The minimum atomic E-state index is 0.433. The van der Waals surface area contributed by atoms with Crippen molar-refractivity contribution in [2.75, 3.05) is 13.1 Å². The molecule has 4 rings (SSSR count). The van der Waals surface area contributed by atoms with Gasteiger partial charge in [0.2, 0.25) is 0 Å². The fourth-order valence-electron chi connectivity index (χ4n) is 5.06. The molecule has 4 nitrogen and oxygen atoms in total. The van der Waals surface area contributed by atoms with E-state index in [0.717, 1.165) is 30.9 Å². The van der Waals surface area contributed by atoms with Gasteiger partial charge in [0.25, 0.3) is 0 Å². The molecule has 0 aromatic carbocycles. The summed E-state index contributed by atoms with van der Waals surface area (Å²) in [6, 6.07) is 1.40. The Labute approximate surface area is 129 Å². The van der Waals surface area contributed by atoms with Gasteiger partial charge in [0.1, 0.15) is 0 Å². The standard InChI is InChI=1S/C17H32N4/c1-10-8-21(9-11(2)19-10)16(18)20-15-7-13-6-14(12(15)3)17(13,4)5/h10-15,19H,6-9H2,1-5H3,(H2,18,20)/t10?,11?,12-,13+,14-,15-/m0/s1. The summed E-state index contributed by atoms with van der Waals surface area (Å²) >= 11 is 0. The maximum absolute atomic E-state index is 6.34. The Morgan fingerprint density at radius 1 is 1.14 bits per heavy atom.